The van der Waals surface area contributed by atoms with Crippen molar-refractivity contribution in [3.05, 3.63) is 42.5 Å². The van der Waals surface area contributed by atoms with Gasteiger partial charge in [0.2, 0.25) is 12.3 Å². The molecule has 1 aliphatic rings. The number of amides is 1. The Balaban J connectivity index is 1.71. The third kappa shape index (κ3) is 2.89. The van der Waals surface area contributed by atoms with Gasteiger partial charge in [-0.25, -0.2) is 0 Å². The first-order valence-electron chi connectivity index (χ1n) is 7.07. The molecule has 6 nitrogen and oxygen atoms in total. The number of hydrogen-bond donors (Lipinski definition) is 0. The van der Waals surface area contributed by atoms with Gasteiger partial charge < -0.3 is 14.3 Å². The monoisotopic (exact) mass is 286 g/mol. The summed E-state index contributed by atoms with van der Waals surface area (Å²) >= 11 is 0. The number of nitrogens with zero attached hydrogens (tertiary/aromatic N) is 4. The molecule has 1 unspecified atom stereocenters. The molecule has 0 bridgehead atoms. The fraction of sp³-hybridized carbons (Fsp3) is 0.400. The maximum atomic E-state index is 12.7. The van der Waals surface area contributed by atoms with Crippen LogP contribution in [0.5, 0.6) is 0 Å². The van der Waals surface area contributed by atoms with E-state index in [-0.39, 0.29) is 11.9 Å². The minimum atomic E-state index is -0.107. The van der Waals surface area contributed by atoms with E-state index in [1.807, 2.05) is 30.3 Å². The Morgan fingerprint density at radius 2 is 2.24 bits per heavy atom. The lowest BCUT2D eigenvalue weighted by molar-refractivity contribution is -0.131. The fourth-order valence-corrected chi connectivity index (χ4v) is 2.76. The second-order valence-electron chi connectivity index (χ2n) is 5.23. The quantitative estimate of drug-likeness (QED) is 0.856. The van der Waals surface area contributed by atoms with E-state index in [0.29, 0.717) is 12.4 Å². The van der Waals surface area contributed by atoms with Gasteiger partial charge >= 0.3 is 0 Å². The zero-order valence-corrected chi connectivity index (χ0v) is 12.0. The molecule has 0 spiro atoms. The van der Waals surface area contributed by atoms with Gasteiger partial charge in [-0.05, 0) is 25.0 Å². The number of benzene rings is 1. The SMILES string of the molecule is CN(Cc1ncon1)C(=O)C1CCCN1c1ccccc1. The summed E-state index contributed by atoms with van der Waals surface area (Å²) in [6, 6.07) is 9.97. The van der Waals surface area contributed by atoms with Crippen LogP contribution in [-0.2, 0) is 11.3 Å². The van der Waals surface area contributed by atoms with Crippen molar-refractivity contribution in [2.24, 2.45) is 0 Å². The van der Waals surface area contributed by atoms with E-state index in [0.717, 1.165) is 25.1 Å². The van der Waals surface area contributed by atoms with E-state index >= 15 is 0 Å². The summed E-state index contributed by atoms with van der Waals surface area (Å²) in [7, 11) is 1.78. The summed E-state index contributed by atoms with van der Waals surface area (Å²) in [5.41, 5.74) is 1.10. The number of aromatic nitrogens is 2. The van der Waals surface area contributed by atoms with Crippen LogP contribution in [0.4, 0.5) is 5.69 Å². The molecule has 110 valence electrons. The van der Waals surface area contributed by atoms with Crippen molar-refractivity contribution in [2.45, 2.75) is 25.4 Å². The topological polar surface area (TPSA) is 62.5 Å². The third-order valence-electron chi connectivity index (χ3n) is 3.79. The number of carbonyl (C=O) groups excluding carboxylic acids is 1. The molecule has 3 rings (SSSR count). The number of carbonyl (C=O) groups is 1. The van der Waals surface area contributed by atoms with Crippen LogP contribution in [0.15, 0.2) is 41.2 Å². The molecule has 1 aromatic carbocycles. The van der Waals surface area contributed by atoms with Crippen LogP contribution in [0.3, 0.4) is 0 Å². The molecule has 1 fully saturated rings. The maximum Gasteiger partial charge on any atom is 0.245 e. The van der Waals surface area contributed by atoms with Crippen molar-refractivity contribution in [2.75, 3.05) is 18.5 Å². The molecule has 0 saturated carbocycles. The number of likely N-dealkylation sites (N-methyl/N-ethyl adjacent to an activating group) is 1. The van der Waals surface area contributed by atoms with Gasteiger partial charge in [-0.15, -0.1) is 0 Å². The minimum Gasteiger partial charge on any atom is -0.360 e. The molecular weight excluding hydrogens is 268 g/mol. The van der Waals surface area contributed by atoms with E-state index in [9.17, 15) is 4.79 Å². The Morgan fingerprint density at radius 1 is 1.43 bits per heavy atom. The van der Waals surface area contributed by atoms with E-state index < -0.39 is 0 Å². The van der Waals surface area contributed by atoms with E-state index in [4.69, 9.17) is 4.52 Å². The summed E-state index contributed by atoms with van der Waals surface area (Å²) in [5.74, 6) is 0.622. The summed E-state index contributed by atoms with van der Waals surface area (Å²) in [5, 5.41) is 3.75. The normalized spacial score (nSPS) is 18.0. The molecule has 1 amide bonds. The first kappa shape index (κ1) is 13.6. The number of anilines is 1. The average molecular weight is 286 g/mol. The zero-order chi connectivity index (χ0) is 14.7. The predicted octanol–water partition coefficient (Wildman–Crippen LogP) is 1.70. The summed E-state index contributed by atoms with van der Waals surface area (Å²) in [6.07, 6.45) is 3.19. The number of para-hydroxylation sites is 1. The molecule has 1 aliphatic heterocycles. The summed E-state index contributed by atoms with van der Waals surface area (Å²) in [6.45, 7) is 1.28. The first-order valence-corrected chi connectivity index (χ1v) is 7.07. The minimum absolute atomic E-state index is 0.0983. The Bertz CT molecular complexity index is 585. The molecule has 1 aromatic heterocycles. The van der Waals surface area contributed by atoms with Crippen LogP contribution in [-0.4, -0.2) is 40.6 Å². The van der Waals surface area contributed by atoms with E-state index in [1.54, 1.807) is 11.9 Å². The molecule has 0 N–H and O–H groups in total. The van der Waals surface area contributed by atoms with Crippen LogP contribution >= 0.6 is 0 Å². The molecule has 0 radical (unpaired) electrons. The van der Waals surface area contributed by atoms with Crippen LogP contribution in [0.1, 0.15) is 18.7 Å². The molecule has 6 heteroatoms. The van der Waals surface area contributed by atoms with Gasteiger partial charge in [0.05, 0.1) is 6.54 Å². The van der Waals surface area contributed by atoms with Gasteiger partial charge in [0.1, 0.15) is 6.04 Å². The van der Waals surface area contributed by atoms with Crippen LogP contribution < -0.4 is 4.90 Å². The molecule has 1 saturated heterocycles. The summed E-state index contributed by atoms with van der Waals surface area (Å²) < 4.78 is 4.70. The van der Waals surface area contributed by atoms with Crippen LogP contribution in [0.25, 0.3) is 0 Å². The van der Waals surface area contributed by atoms with Crippen molar-refractivity contribution < 1.29 is 9.32 Å². The van der Waals surface area contributed by atoms with Gasteiger partial charge in [-0.3, -0.25) is 4.79 Å². The van der Waals surface area contributed by atoms with Gasteiger partial charge in [0.25, 0.3) is 0 Å². The third-order valence-corrected chi connectivity index (χ3v) is 3.79. The predicted molar refractivity (Wildman–Crippen MR) is 77.6 cm³/mol. The van der Waals surface area contributed by atoms with Gasteiger partial charge in [0.15, 0.2) is 5.82 Å². The first-order chi connectivity index (χ1) is 10.3. The standard InChI is InChI=1S/C15H18N4O2/c1-18(10-14-16-11-21-17-14)15(20)13-8-5-9-19(13)12-6-3-2-4-7-12/h2-4,6-7,11,13H,5,8-10H2,1H3. The maximum absolute atomic E-state index is 12.7. The van der Waals surface area contributed by atoms with Crippen molar-refractivity contribution in [1.29, 1.82) is 0 Å². The van der Waals surface area contributed by atoms with Gasteiger partial charge in [-0.2, -0.15) is 4.98 Å². The smallest absolute Gasteiger partial charge is 0.245 e. The highest BCUT2D eigenvalue weighted by Gasteiger charge is 2.32. The fourth-order valence-electron chi connectivity index (χ4n) is 2.76. The lowest BCUT2D eigenvalue weighted by Gasteiger charge is -2.29. The Kier molecular flexibility index (Phi) is 3.85. The largest absolute Gasteiger partial charge is 0.360 e. The van der Waals surface area contributed by atoms with Gasteiger partial charge in [-0.1, -0.05) is 23.4 Å². The van der Waals surface area contributed by atoms with Gasteiger partial charge in [0, 0.05) is 19.3 Å². The molecule has 2 heterocycles. The van der Waals surface area contributed by atoms with E-state index in [2.05, 4.69) is 15.0 Å². The van der Waals surface area contributed by atoms with Crippen LogP contribution in [0.2, 0.25) is 0 Å². The second kappa shape index (κ2) is 5.95. The molecule has 1 atom stereocenters. The number of rotatable bonds is 4. The van der Waals surface area contributed by atoms with Crippen molar-refractivity contribution in [1.82, 2.24) is 15.0 Å². The highest BCUT2D eigenvalue weighted by molar-refractivity contribution is 5.85. The van der Waals surface area contributed by atoms with Crippen molar-refractivity contribution >= 4 is 11.6 Å². The lowest BCUT2D eigenvalue weighted by Crippen LogP contribution is -2.44. The molecular formula is C15H18N4O2. The van der Waals surface area contributed by atoms with Crippen LogP contribution in [0, 0.1) is 0 Å². The summed E-state index contributed by atoms with van der Waals surface area (Å²) in [4.78, 5) is 20.4. The van der Waals surface area contributed by atoms with Crippen molar-refractivity contribution in [3.8, 4) is 0 Å². The molecule has 2 aromatic rings. The highest BCUT2D eigenvalue weighted by atomic mass is 16.5. The second-order valence-corrected chi connectivity index (χ2v) is 5.23. The Labute approximate surface area is 123 Å². The Morgan fingerprint density at radius 3 is 2.95 bits per heavy atom. The zero-order valence-electron chi connectivity index (χ0n) is 12.0. The molecule has 21 heavy (non-hydrogen) atoms. The highest BCUT2D eigenvalue weighted by Crippen LogP contribution is 2.26. The van der Waals surface area contributed by atoms with E-state index in [1.165, 1.54) is 6.39 Å². The van der Waals surface area contributed by atoms with Crippen molar-refractivity contribution in [3.63, 3.8) is 0 Å². The number of hydrogen-bond acceptors (Lipinski definition) is 5. The average Bonchev–Trinajstić information content (AvgIpc) is 3.18. The molecule has 0 aliphatic carbocycles. The Hall–Kier alpha value is -2.37. The lowest BCUT2D eigenvalue weighted by atomic mass is 10.1.